The van der Waals surface area contributed by atoms with Crippen LogP contribution in [0.2, 0.25) is 0 Å². The Morgan fingerprint density at radius 2 is 2.27 bits per heavy atom. The first-order valence-corrected chi connectivity index (χ1v) is 6.33. The predicted molar refractivity (Wildman–Crippen MR) is 67.3 cm³/mol. The Kier molecular flexibility index (Phi) is 4.68. The van der Waals surface area contributed by atoms with Crippen LogP contribution in [0.5, 0.6) is 0 Å². The lowest BCUT2D eigenvalue weighted by Gasteiger charge is -2.13. The Morgan fingerprint density at radius 3 is 2.87 bits per heavy atom. The molecule has 0 aliphatic heterocycles. The van der Waals surface area contributed by atoms with E-state index < -0.39 is 0 Å². The molecule has 1 aromatic rings. The van der Waals surface area contributed by atoms with Crippen molar-refractivity contribution >= 4 is 23.4 Å². The zero-order valence-electron chi connectivity index (χ0n) is 9.45. The van der Waals surface area contributed by atoms with E-state index in [9.17, 15) is 0 Å². The molecule has 0 saturated heterocycles. The molecular formula is C10H18N4S. The standard InChI is InChI=1S/C10H18N4S/c1-4-8-9(11)13-6-14-10(8)12-5-7(2)15-3/h6-7H,4-5H2,1-3H3,(H3,11,12,13,14). The highest BCUT2D eigenvalue weighted by Gasteiger charge is 2.07. The van der Waals surface area contributed by atoms with Crippen LogP contribution in [0.25, 0.3) is 0 Å². The minimum atomic E-state index is 0.561. The normalized spacial score (nSPS) is 12.5. The third-order valence-corrected chi connectivity index (χ3v) is 3.26. The number of thioether (sulfide) groups is 1. The Hall–Kier alpha value is -0.970. The Bertz CT molecular complexity index is 316. The molecule has 15 heavy (non-hydrogen) atoms. The summed E-state index contributed by atoms with van der Waals surface area (Å²) in [7, 11) is 0. The van der Waals surface area contributed by atoms with Crippen LogP contribution in [-0.2, 0) is 6.42 Å². The first kappa shape index (κ1) is 12.1. The van der Waals surface area contributed by atoms with E-state index >= 15 is 0 Å². The molecular weight excluding hydrogens is 208 g/mol. The highest BCUT2D eigenvalue weighted by atomic mass is 32.2. The lowest BCUT2D eigenvalue weighted by atomic mass is 10.2. The summed E-state index contributed by atoms with van der Waals surface area (Å²) in [6.07, 6.45) is 4.45. The van der Waals surface area contributed by atoms with Crippen LogP contribution in [0, 0.1) is 0 Å². The minimum absolute atomic E-state index is 0.561. The molecule has 0 radical (unpaired) electrons. The summed E-state index contributed by atoms with van der Waals surface area (Å²) >= 11 is 1.82. The number of nitrogens with zero attached hydrogens (tertiary/aromatic N) is 2. The van der Waals surface area contributed by atoms with Gasteiger partial charge in [0.2, 0.25) is 0 Å². The molecule has 0 spiro atoms. The van der Waals surface area contributed by atoms with Gasteiger partial charge in [0.15, 0.2) is 0 Å². The smallest absolute Gasteiger partial charge is 0.134 e. The lowest BCUT2D eigenvalue weighted by Crippen LogP contribution is -2.15. The summed E-state index contributed by atoms with van der Waals surface area (Å²) in [5.74, 6) is 1.44. The third-order valence-electron chi connectivity index (χ3n) is 2.29. The predicted octanol–water partition coefficient (Wildman–Crippen LogP) is 1.78. The van der Waals surface area contributed by atoms with E-state index in [1.165, 1.54) is 6.33 Å². The second-order valence-corrected chi connectivity index (χ2v) is 4.64. The topological polar surface area (TPSA) is 63.8 Å². The lowest BCUT2D eigenvalue weighted by molar-refractivity contribution is 0.967. The van der Waals surface area contributed by atoms with E-state index in [1.807, 2.05) is 11.8 Å². The first-order valence-electron chi connectivity index (χ1n) is 5.05. The van der Waals surface area contributed by atoms with Gasteiger partial charge in [0.25, 0.3) is 0 Å². The summed E-state index contributed by atoms with van der Waals surface area (Å²) in [6.45, 7) is 5.12. The Labute approximate surface area is 95.1 Å². The van der Waals surface area contributed by atoms with Crippen molar-refractivity contribution in [3.05, 3.63) is 11.9 Å². The Morgan fingerprint density at radius 1 is 1.53 bits per heavy atom. The second-order valence-electron chi connectivity index (χ2n) is 3.37. The average molecular weight is 226 g/mol. The van der Waals surface area contributed by atoms with Crippen molar-refractivity contribution in [2.45, 2.75) is 25.5 Å². The fourth-order valence-corrected chi connectivity index (χ4v) is 1.50. The fraction of sp³-hybridized carbons (Fsp3) is 0.600. The van der Waals surface area contributed by atoms with Crippen LogP contribution in [-0.4, -0.2) is 28.0 Å². The van der Waals surface area contributed by atoms with Crippen LogP contribution in [0.4, 0.5) is 11.6 Å². The van der Waals surface area contributed by atoms with Crippen molar-refractivity contribution in [1.82, 2.24) is 9.97 Å². The maximum Gasteiger partial charge on any atom is 0.134 e. The molecule has 0 aliphatic carbocycles. The number of aromatic nitrogens is 2. The number of hydrogen-bond acceptors (Lipinski definition) is 5. The molecule has 1 unspecified atom stereocenters. The summed E-state index contributed by atoms with van der Waals surface area (Å²) in [4.78, 5) is 8.18. The molecule has 1 rings (SSSR count). The van der Waals surface area contributed by atoms with Gasteiger partial charge >= 0.3 is 0 Å². The molecule has 0 bridgehead atoms. The maximum atomic E-state index is 5.77. The molecule has 0 saturated carbocycles. The maximum absolute atomic E-state index is 5.77. The molecule has 0 fully saturated rings. The molecule has 1 aromatic heterocycles. The number of hydrogen-bond donors (Lipinski definition) is 2. The van der Waals surface area contributed by atoms with Gasteiger partial charge in [-0.25, -0.2) is 9.97 Å². The number of nitrogens with one attached hydrogen (secondary N) is 1. The zero-order valence-corrected chi connectivity index (χ0v) is 10.3. The van der Waals surface area contributed by atoms with Gasteiger partial charge in [0, 0.05) is 17.4 Å². The van der Waals surface area contributed by atoms with Gasteiger partial charge in [-0.15, -0.1) is 0 Å². The van der Waals surface area contributed by atoms with Crippen LogP contribution in [0.15, 0.2) is 6.33 Å². The third kappa shape index (κ3) is 3.27. The van der Waals surface area contributed by atoms with E-state index in [-0.39, 0.29) is 0 Å². The largest absolute Gasteiger partial charge is 0.383 e. The first-order chi connectivity index (χ1) is 7.19. The molecule has 0 amide bonds. The highest BCUT2D eigenvalue weighted by molar-refractivity contribution is 7.99. The van der Waals surface area contributed by atoms with E-state index in [4.69, 9.17) is 5.73 Å². The fourth-order valence-electron chi connectivity index (χ4n) is 1.25. The number of nitrogen functional groups attached to an aromatic ring is 1. The van der Waals surface area contributed by atoms with Gasteiger partial charge < -0.3 is 11.1 Å². The molecule has 0 aromatic carbocycles. The average Bonchev–Trinajstić information content (AvgIpc) is 2.25. The van der Waals surface area contributed by atoms with E-state index in [1.54, 1.807) is 0 Å². The van der Waals surface area contributed by atoms with Gasteiger partial charge in [0.1, 0.15) is 18.0 Å². The molecule has 84 valence electrons. The molecule has 1 heterocycles. The number of rotatable bonds is 5. The Balaban J connectivity index is 2.72. The summed E-state index contributed by atoms with van der Waals surface area (Å²) < 4.78 is 0. The second kappa shape index (κ2) is 5.80. The van der Waals surface area contributed by atoms with Crippen molar-refractivity contribution in [2.75, 3.05) is 23.9 Å². The molecule has 0 aliphatic rings. The highest BCUT2D eigenvalue weighted by Crippen LogP contribution is 2.18. The summed E-state index contributed by atoms with van der Waals surface area (Å²) in [5.41, 5.74) is 6.78. The zero-order chi connectivity index (χ0) is 11.3. The van der Waals surface area contributed by atoms with Crippen molar-refractivity contribution in [1.29, 1.82) is 0 Å². The van der Waals surface area contributed by atoms with Crippen molar-refractivity contribution in [3.8, 4) is 0 Å². The molecule has 4 nitrogen and oxygen atoms in total. The van der Waals surface area contributed by atoms with Crippen molar-refractivity contribution in [3.63, 3.8) is 0 Å². The summed E-state index contributed by atoms with van der Waals surface area (Å²) in [6, 6.07) is 0. The SMILES string of the molecule is CCc1c(N)ncnc1NCC(C)SC. The van der Waals surface area contributed by atoms with Crippen molar-refractivity contribution < 1.29 is 0 Å². The quantitative estimate of drug-likeness (QED) is 0.801. The van der Waals surface area contributed by atoms with Crippen LogP contribution < -0.4 is 11.1 Å². The number of anilines is 2. The summed E-state index contributed by atoms with van der Waals surface area (Å²) in [5, 5.41) is 3.86. The van der Waals surface area contributed by atoms with Gasteiger partial charge in [-0.1, -0.05) is 13.8 Å². The van der Waals surface area contributed by atoms with Crippen molar-refractivity contribution in [2.24, 2.45) is 0 Å². The van der Waals surface area contributed by atoms with Crippen LogP contribution in [0.1, 0.15) is 19.4 Å². The van der Waals surface area contributed by atoms with Crippen LogP contribution in [0.3, 0.4) is 0 Å². The molecule has 3 N–H and O–H groups in total. The van der Waals surface area contributed by atoms with Crippen LogP contribution >= 0.6 is 11.8 Å². The monoisotopic (exact) mass is 226 g/mol. The van der Waals surface area contributed by atoms with Gasteiger partial charge in [-0.2, -0.15) is 11.8 Å². The number of nitrogens with two attached hydrogens (primary N) is 1. The molecule has 5 heteroatoms. The van der Waals surface area contributed by atoms with Gasteiger partial charge in [-0.3, -0.25) is 0 Å². The van der Waals surface area contributed by atoms with Gasteiger partial charge in [0.05, 0.1) is 0 Å². The van der Waals surface area contributed by atoms with E-state index in [2.05, 4.69) is 35.4 Å². The molecule has 1 atom stereocenters. The van der Waals surface area contributed by atoms with E-state index in [0.717, 1.165) is 24.3 Å². The van der Waals surface area contributed by atoms with E-state index in [0.29, 0.717) is 11.1 Å². The van der Waals surface area contributed by atoms with Gasteiger partial charge in [-0.05, 0) is 12.7 Å². The minimum Gasteiger partial charge on any atom is -0.383 e.